The Morgan fingerprint density at radius 1 is 1.44 bits per heavy atom. The summed E-state index contributed by atoms with van der Waals surface area (Å²) in [6.07, 6.45) is 1.73. The van der Waals surface area contributed by atoms with E-state index in [-0.39, 0.29) is 10.6 Å². The zero-order chi connectivity index (χ0) is 12.3. The maximum atomic E-state index is 5.96. The number of hydrogen-bond donors (Lipinski definition) is 2. The van der Waals surface area contributed by atoms with E-state index in [0.717, 1.165) is 0 Å². The number of halogens is 1. The first-order valence-electron chi connectivity index (χ1n) is 5.04. The summed E-state index contributed by atoms with van der Waals surface area (Å²) in [4.78, 5) is 8.54. The van der Waals surface area contributed by atoms with Crippen molar-refractivity contribution >= 4 is 23.1 Å². The lowest BCUT2D eigenvalue weighted by molar-refractivity contribution is 0.546. The summed E-state index contributed by atoms with van der Waals surface area (Å²) in [5.41, 5.74) is 5.99. The predicted molar refractivity (Wildman–Crippen MR) is 68.8 cm³/mol. The molecule has 0 saturated carbocycles. The highest BCUT2D eigenvalue weighted by atomic mass is 35.5. The fourth-order valence-electron chi connectivity index (χ4n) is 1.08. The van der Waals surface area contributed by atoms with Gasteiger partial charge in [-0.05, 0) is 0 Å². The monoisotopic (exact) mass is 240 g/mol. The lowest BCUT2D eigenvalue weighted by atomic mass is 9.96. The van der Waals surface area contributed by atoms with Gasteiger partial charge in [0.05, 0.1) is 0 Å². The number of rotatable bonds is 3. The molecule has 5 heteroatoms. The molecule has 1 aromatic rings. The summed E-state index contributed by atoms with van der Waals surface area (Å²) in [7, 11) is 0. The smallest absolute Gasteiger partial charge is 0.157 e. The maximum Gasteiger partial charge on any atom is 0.157 e. The molecule has 0 saturated heterocycles. The van der Waals surface area contributed by atoms with E-state index in [9.17, 15) is 0 Å². The molecule has 0 amide bonds. The Morgan fingerprint density at radius 2 is 2.06 bits per heavy atom. The summed E-state index contributed by atoms with van der Waals surface area (Å²) in [5.74, 6) is 1.23. The summed E-state index contributed by atoms with van der Waals surface area (Å²) in [6.45, 7) is 10.3. The summed E-state index contributed by atoms with van der Waals surface area (Å²) < 4.78 is 0. The van der Waals surface area contributed by atoms with Crippen molar-refractivity contribution in [2.75, 3.05) is 17.6 Å². The third-order valence-corrected chi connectivity index (χ3v) is 2.27. The molecule has 0 aliphatic heterocycles. The van der Waals surface area contributed by atoms with Gasteiger partial charge in [0.25, 0.3) is 0 Å². The Morgan fingerprint density at radius 3 is 2.56 bits per heavy atom. The van der Waals surface area contributed by atoms with E-state index in [2.05, 4.69) is 21.9 Å². The molecule has 0 radical (unpaired) electrons. The van der Waals surface area contributed by atoms with Crippen LogP contribution in [0.2, 0.25) is 5.15 Å². The minimum atomic E-state index is -0.165. The molecule has 0 aliphatic rings. The molecule has 1 rings (SSSR count). The SMILES string of the molecule is C=CCNc1nc(C(C)(C)C)nc(Cl)c1N. The fraction of sp³-hybridized carbons (Fsp3) is 0.455. The Kier molecular flexibility index (Phi) is 3.75. The standard InChI is InChI=1S/C11H17ClN4/c1-5-6-14-9-7(13)8(12)15-10(16-9)11(2,3)4/h5H,1,6,13H2,2-4H3,(H,14,15,16). The van der Waals surface area contributed by atoms with Gasteiger partial charge in [0, 0.05) is 12.0 Å². The van der Waals surface area contributed by atoms with Crippen LogP contribution in [0.15, 0.2) is 12.7 Å². The van der Waals surface area contributed by atoms with Gasteiger partial charge in [-0.1, -0.05) is 38.4 Å². The van der Waals surface area contributed by atoms with Crippen molar-refractivity contribution in [3.05, 3.63) is 23.6 Å². The van der Waals surface area contributed by atoms with Crippen molar-refractivity contribution in [3.63, 3.8) is 0 Å². The van der Waals surface area contributed by atoms with Crippen LogP contribution in [0.4, 0.5) is 11.5 Å². The Labute approximate surface area is 101 Å². The van der Waals surface area contributed by atoms with Gasteiger partial charge >= 0.3 is 0 Å². The Bertz CT molecular complexity index is 396. The van der Waals surface area contributed by atoms with Gasteiger partial charge in [-0.3, -0.25) is 0 Å². The number of hydrogen-bond acceptors (Lipinski definition) is 4. The zero-order valence-corrected chi connectivity index (χ0v) is 10.6. The Hall–Kier alpha value is -1.29. The van der Waals surface area contributed by atoms with E-state index < -0.39 is 0 Å². The number of nitrogens with zero attached hydrogens (tertiary/aromatic N) is 2. The van der Waals surface area contributed by atoms with Crippen LogP contribution < -0.4 is 11.1 Å². The highest BCUT2D eigenvalue weighted by Crippen LogP contribution is 2.28. The van der Waals surface area contributed by atoms with Crippen molar-refractivity contribution in [1.29, 1.82) is 0 Å². The van der Waals surface area contributed by atoms with E-state index in [1.807, 2.05) is 20.8 Å². The van der Waals surface area contributed by atoms with Crippen LogP contribution in [0.3, 0.4) is 0 Å². The minimum absolute atomic E-state index is 0.165. The van der Waals surface area contributed by atoms with Crippen molar-refractivity contribution < 1.29 is 0 Å². The first-order valence-corrected chi connectivity index (χ1v) is 5.42. The highest BCUT2D eigenvalue weighted by Gasteiger charge is 2.20. The molecule has 1 aromatic heterocycles. The second-order valence-electron chi connectivity index (χ2n) is 4.52. The quantitative estimate of drug-likeness (QED) is 0.630. The van der Waals surface area contributed by atoms with Crippen LogP contribution in [0.1, 0.15) is 26.6 Å². The van der Waals surface area contributed by atoms with E-state index in [1.54, 1.807) is 6.08 Å². The maximum absolute atomic E-state index is 5.96. The lowest BCUT2D eigenvalue weighted by Gasteiger charge is -2.18. The minimum Gasteiger partial charge on any atom is -0.393 e. The molecule has 88 valence electrons. The number of nitrogens with one attached hydrogen (secondary N) is 1. The fourth-order valence-corrected chi connectivity index (χ4v) is 1.25. The molecular weight excluding hydrogens is 224 g/mol. The highest BCUT2D eigenvalue weighted by molar-refractivity contribution is 6.32. The van der Waals surface area contributed by atoms with Gasteiger partial charge in [-0.15, -0.1) is 6.58 Å². The lowest BCUT2D eigenvalue weighted by Crippen LogP contribution is -2.18. The third kappa shape index (κ3) is 2.85. The second kappa shape index (κ2) is 4.70. The molecule has 16 heavy (non-hydrogen) atoms. The van der Waals surface area contributed by atoms with Crippen LogP contribution in [0.25, 0.3) is 0 Å². The number of nitrogen functional groups attached to an aromatic ring is 1. The molecule has 0 spiro atoms. The summed E-state index contributed by atoms with van der Waals surface area (Å²) in [6, 6.07) is 0. The largest absolute Gasteiger partial charge is 0.393 e. The molecule has 0 aliphatic carbocycles. The first kappa shape index (κ1) is 12.8. The van der Waals surface area contributed by atoms with Gasteiger partial charge in [0.15, 0.2) is 11.0 Å². The number of anilines is 2. The molecular formula is C11H17ClN4. The summed E-state index contributed by atoms with van der Waals surface area (Å²) in [5, 5.41) is 3.32. The molecule has 1 heterocycles. The molecule has 0 atom stereocenters. The van der Waals surface area contributed by atoms with Gasteiger partial charge < -0.3 is 11.1 Å². The predicted octanol–water partition coefficient (Wildman–Crippen LogP) is 2.61. The van der Waals surface area contributed by atoms with Gasteiger partial charge in [-0.2, -0.15) is 0 Å². The molecule has 0 bridgehead atoms. The molecule has 0 aromatic carbocycles. The van der Waals surface area contributed by atoms with E-state index in [0.29, 0.717) is 23.9 Å². The van der Waals surface area contributed by atoms with Crippen molar-refractivity contribution in [1.82, 2.24) is 9.97 Å². The Balaban J connectivity index is 3.16. The van der Waals surface area contributed by atoms with Gasteiger partial charge in [0.2, 0.25) is 0 Å². The summed E-state index contributed by atoms with van der Waals surface area (Å²) >= 11 is 5.96. The van der Waals surface area contributed by atoms with E-state index in [4.69, 9.17) is 17.3 Å². The molecule has 4 nitrogen and oxygen atoms in total. The van der Waals surface area contributed by atoms with Gasteiger partial charge in [0.1, 0.15) is 11.5 Å². The first-order chi connectivity index (χ1) is 7.36. The number of nitrogens with two attached hydrogens (primary N) is 1. The van der Waals surface area contributed by atoms with Gasteiger partial charge in [-0.25, -0.2) is 9.97 Å². The van der Waals surface area contributed by atoms with Crippen LogP contribution in [-0.2, 0) is 5.41 Å². The number of aromatic nitrogens is 2. The topological polar surface area (TPSA) is 63.8 Å². The normalized spacial score (nSPS) is 11.2. The molecule has 0 unspecified atom stereocenters. The second-order valence-corrected chi connectivity index (χ2v) is 4.88. The zero-order valence-electron chi connectivity index (χ0n) is 9.84. The van der Waals surface area contributed by atoms with Crippen molar-refractivity contribution in [3.8, 4) is 0 Å². The van der Waals surface area contributed by atoms with E-state index >= 15 is 0 Å². The van der Waals surface area contributed by atoms with Crippen molar-refractivity contribution in [2.45, 2.75) is 26.2 Å². The average Bonchev–Trinajstić information content (AvgIpc) is 2.18. The molecule has 3 N–H and O–H groups in total. The van der Waals surface area contributed by atoms with Crippen LogP contribution in [0.5, 0.6) is 0 Å². The van der Waals surface area contributed by atoms with E-state index in [1.165, 1.54) is 0 Å². The van der Waals surface area contributed by atoms with Crippen molar-refractivity contribution in [2.24, 2.45) is 0 Å². The average molecular weight is 241 g/mol. The van der Waals surface area contributed by atoms with Crippen LogP contribution >= 0.6 is 11.6 Å². The molecule has 0 fully saturated rings. The third-order valence-electron chi connectivity index (χ3n) is 1.98. The van der Waals surface area contributed by atoms with Crippen LogP contribution in [0, 0.1) is 0 Å². The van der Waals surface area contributed by atoms with Crippen LogP contribution in [-0.4, -0.2) is 16.5 Å².